The number of hydrogen-bond donors (Lipinski definition) is 3. The van der Waals surface area contributed by atoms with Crippen LogP contribution < -0.4 is 5.73 Å². The normalized spacial score (nSPS) is 32.3. The summed E-state index contributed by atoms with van der Waals surface area (Å²) in [5, 5.41) is 20.0. The highest BCUT2D eigenvalue weighted by Gasteiger charge is 2.48. The van der Waals surface area contributed by atoms with Crippen LogP contribution in [-0.2, 0) is 23.5 Å². The highest BCUT2D eigenvalue weighted by Crippen LogP contribution is 2.27. The van der Waals surface area contributed by atoms with E-state index in [4.69, 9.17) is 10.5 Å². The average Bonchev–Trinajstić information content (AvgIpc) is 2.79. The summed E-state index contributed by atoms with van der Waals surface area (Å²) in [5.74, 6) is 0.255. The van der Waals surface area contributed by atoms with Gasteiger partial charge in [0, 0.05) is 13.6 Å². The molecule has 1 fully saturated rings. The summed E-state index contributed by atoms with van der Waals surface area (Å²) >= 11 is 0. The van der Waals surface area contributed by atoms with E-state index in [1.165, 1.54) is 7.05 Å². The maximum absolute atomic E-state index is 12.2. The van der Waals surface area contributed by atoms with Gasteiger partial charge in [0.2, 0.25) is 0 Å². The minimum absolute atomic E-state index is 0.0768. The van der Waals surface area contributed by atoms with Gasteiger partial charge in [-0.1, -0.05) is 0 Å². The van der Waals surface area contributed by atoms with Gasteiger partial charge in [0.25, 0.3) is 0 Å². The van der Waals surface area contributed by atoms with Crippen LogP contribution in [0.1, 0.15) is 0 Å². The quantitative estimate of drug-likeness (QED) is 0.487. The Morgan fingerprint density at radius 1 is 1.43 bits per heavy atom. The molecule has 0 aliphatic carbocycles. The van der Waals surface area contributed by atoms with Crippen LogP contribution >= 0.6 is 0 Å². The number of nitrogens with zero attached hydrogens (tertiary/aromatic N) is 2. The molecule has 2 rings (SSSR count). The van der Waals surface area contributed by atoms with Gasteiger partial charge in [-0.05, 0) is 6.08 Å². The first-order valence-electron chi connectivity index (χ1n) is 6.64. The molecule has 0 aromatic heterocycles. The van der Waals surface area contributed by atoms with E-state index in [9.17, 15) is 23.4 Å². The Balaban J connectivity index is 2.07. The topological polar surface area (TPSA) is 152 Å². The minimum atomic E-state index is -4.20. The number of carbonyl (C=O) groups excluding carboxylic acids is 1. The van der Waals surface area contributed by atoms with Gasteiger partial charge in [0.05, 0.1) is 13.7 Å². The molecule has 0 saturated carbocycles. The van der Waals surface area contributed by atoms with Crippen LogP contribution in [0.5, 0.6) is 0 Å². The van der Waals surface area contributed by atoms with Crippen LogP contribution in [0.2, 0.25) is 0 Å². The maximum Gasteiger partial charge on any atom is 0.399 e. The molecule has 2 amide bonds. The second-order valence-corrected chi connectivity index (χ2v) is 6.41. The summed E-state index contributed by atoms with van der Waals surface area (Å²) in [6.45, 7) is -0.492. The second kappa shape index (κ2) is 6.59. The van der Waals surface area contributed by atoms with Crippen molar-refractivity contribution in [2.24, 2.45) is 5.73 Å². The third kappa shape index (κ3) is 3.57. The number of aliphatic hydroxyl groups excluding tert-OH is 2. The van der Waals surface area contributed by atoms with E-state index in [-0.39, 0.29) is 12.4 Å². The largest absolute Gasteiger partial charge is 0.399 e. The molecule has 0 bridgehead atoms. The fraction of sp³-hybridized carbons (Fsp3) is 0.727. The molecular formula is C11H19N3O8S. The van der Waals surface area contributed by atoms with E-state index in [1.54, 1.807) is 6.08 Å². The van der Waals surface area contributed by atoms with E-state index in [2.05, 4.69) is 8.37 Å². The predicted octanol–water partition coefficient (Wildman–Crippen LogP) is -2.49. The SMILES string of the molecule is COS(=O)(=O)OC[C@H]1O[C@@H](N2CC=C(N)N(C)C2=O)[C@H](O)[C@@H]1O. The lowest BCUT2D eigenvalue weighted by Gasteiger charge is -2.36. The van der Waals surface area contributed by atoms with Crippen molar-refractivity contribution in [2.45, 2.75) is 24.5 Å². The Bertz CT molecular complexity index is 594. The first kappa shape index (κ1) is 17.9. The molecule has 4 atom stereocenters. The van der Waals surface area contributed by atoms with Crippen LogP contribution in [-0.4, -0.2) is 86.3 Å². The van der Waals surface area contributed by atoms with Gasteiger partial charge in [0.1, 0.15) is 24.1 Å². The monoisotopic (exact) mass is 353 g/mol. The van der Waals surface area contributed by atoms with Crippen molar-refractivity contribution in [2.75, 3.05) is 27.3 Å². The first-order valence-corrected chi connectivity index (χ1v) is 7.98. The Morgan fingerprint density at radius 3 is 2.70 bits per heavy atom. The highest BCUT2D eigenvalue weighted by molar-refractivity contribution is 7.81. The Morgan fingerprint density at radius 2 is 2.09 bits per heavy atom. The lowest BCUT2D eigenvalue weighted by molar-refractivity contribution is -0.0784. The van der Waals surface area contributed by atoms with Gasteiger partial charge in [-0.25, -0.2) is 8.98 Å². The van der Waals surface area contributed by atoms with Crippen molar-refractivity contribution in [3.8, 4) is 0 Å². The van der Waals surface area contributed by atoms with E-state index in [1.807, 2.05) is 0 Å². The van der Waals surface area contributed by atoms with Crippen molar-refractivity contribution >= 4 is 16.4 Å². The molecule has 0 spiro atoms. The number of carbonyl (C=O) groups is 1. The van der Waals surface area contributed by atoms with Crippen molar-refractivity contribution in [1.29, 1.82) is 0 Å². The van der Waals surface area contributed by atoms with Crippen LogP contribution in [0.25, 0.3) is 0 Å². The summed E-state index contributed by atoms with van der Waals surface area (Å²) < 4.78 is 36.2. The number of urea groups is 1. The average molecular weight is 353 g/mol. The molecule has 2 aliphatic heterocycles. The molecule has 23 heavy (non-hydrogen) atoms. The van der Waals surface area contributed by atoms with Gasteiger partial charge in [-0.2, -0.15) is 8.42 Å². The molecule has 2 heterocycles. The molecule has 0 unspecified atom stereocenters. The minimum Gasteiger partial charge on any atom is -0.387 e. The summed E-state index contributed by atoms with van der Waals surface area (Å²) in [6, 6.07) is -0.521. The Kier molecular flexibility index (Phi) is 5.13. The molecule has 0 radical (unpaired) electrons. The lowest BCUT2D eigenvalue weighted by Crippen LogP contribution is -2.54. The molecule has 132 valence electrons. The van der Waals surface area contributed by atoms with E-state index in [0.717, 1.165) is 16.9 Å². The third-order valence-corrected chi connectivity index (χ3v) is 4.48. The zero-order chi connectivity index (χ0) is 17.4. The Labute approximate surface area is 133 Å². The maximum atomic E-state index is 12.2. The molecule has 2 aliphatic rings. The number of hydrogen-bond acceptors (Lipinski definition) is 9. The second-order valence-electron chi connectivity index (χ2n) is 5.03. The third-order valence-electron chi connectivity index (χ3n) is 3.64. The fourth-order valence-electron chi connectivity index (χ4n) is 2.25. The van der Waals surface area contributed by atoms with Gasteiger partial charge in [-0.15, -0.1) is 0 Å². The summed E-state index contributed by atoms with van der Waals surface area (Å²) in [6.07, 6.45) is -3.64. The van der Waals surface area contributed by atoms with Gasteiger partial charge in [-0.3, -0.25) is 14.0 Å². The summed E-state index contributed by atoms with van der Waals surface area (Å²) in [7, 11) is -1.84. The molecule has 0 aromatic rings. The summed E-state index contributed by atoms with van der Waals surface area (Å²) in [4.78, 5) is 14.5. The van der Waals surface area contributed by atoms with Gasteiger partial charge >= 0.3 is 16.4 Å². The number of rotatable bonds is 5. The van der Waals surface area contributed by atoms with Crippen molar-refractivity contribution in [3.05, 3.63) is 11.9 Å². The van der Waals surface area contributed by atoms with Crippen LogP contribution in [0.4, 0.5) is 4.79 Å². The van der Waals surface area contributed by atoms with Gasteiger partial charge < -0.3 is 20.7 Å². The fourth-order valence-corrected chi connectivity index (χ4v) is 2.64. The number of ether oxygens (including phenoxy) is 1. The predicted molar refractivity (Wildman–Crippen MR) is 74.7 cm³/mol. The molecule has 11 nitrogen and oxygen atoms in total. The van der Waals surface area contributed by atoms with Crippen molar-refractivity contribution in [3.63, 3.8) is 0 Å². The molecular weight excluding hydrogens is 334 g/mol. The van der Waals surface area contributed by atoms with E-state index >= 15 is 0 Å². The zero-order valence-electron chi connectivity index (χ0n) is 12.5. The van der Waals surface area contributed by atoms with Crippen LogP contribution in [0, 0.1) is 0 Å². The standard InChI is InChI=1S/C11H19N3O8S/c1-13-7(12)3-4-14(11(13)17)10-9(16)8(15)6(22-10)5-21-23(18,19)20-2/h3,6,8-10,15-16H,4-5,12H2,1-2H3/t6-,8-,9-,10-/m1/s1. The molecule has 12 heteroatoms. The summed E-state index contributed by atoms with van der Waals surface area (Å²) in [5.41, 5.74) is 5.62. The van der Waals surface area contributed by atoms with Crippen LogP contribution in [0.3, 0.4) is 0 Å². The van der Waals surface area contributed by atoms with E-state index < -0.39 is 47.6 Å². The smallest absolute Gasteiger partial charge is 0.387 e. The van der Waals surface area contributed by atoms with Crippen LogP contribution in [0.15, 0.2) is 11.9 Å². The first-order chi connectivity index (χ1) is 10.7. The van der Waals surface area contributed by atoms with Gasteiger partial charge in [0.15, 0.2) is 6.23 Å². The van der Waals surface area contributed by atoms with Crippen molar-refractivity contribution in [1.82, 2.24) is 9.80 Å². The number of amides is 2. The molecule has 0 aromatic carbocycles. The zero-order valence-corrected chi connectivity index (χ0v) is 13.3. The van der Waals surface area contributed by atoms with E-state index in [0.29, 0.717) is 0 Å². The van der Waals surface area contributed by atoms with Crippen molar-refractivity contribution < 1.29 is 36.5 Å². The molecule has 4 N–H and O–H groups in total. The number of aliphatic hydroxyl groups is 2. The molecule has 1 saturated heterocycles. The lowest BCUT2D eigenvalue weighted by atomic mass is 10.1. The number of nitrogens with two attached hydrogens (primary N) is 1. The highest BCUT2D eigenvalue weighted by atomic mass is 32.3. The Hall–Kier alpha value is -1.44.